The first-order chi connectivity index (χ1) is 17.4. The van der Waals surface area contributed by atoms with Gasteiger partial charge in [-0.2, -0.15) is 0 Å². The monoisotopic (exact) mass is 538 g/mol. The van der Waals surface area contributed by atoms with Crippen molar-refractivity contribution in [3.8, 4) is 0 Å². The first kappa shape index (κ1) is 27.9. The molecule has 2 N–H and O–H groups in total. The molecule has 4 aliphatic carbocycles. The first-order valence-corrected chi connectivity index (χ1v) is 16.4. The maximum atomic E-state index is 12.9. The van der Waals surface area contributed by atoms with Crippen molar-refractivity contribution in [2.45, 2.75) is 115 Å². The largest absolute Gasteiger partial charge is 0.748 e. The van der Waals surface area contributed by atoms with E-state index in [1.54, 1.807) is 4.90 Å². The van der Waals surface area contributed by atoms with Gasteiger partial charge in [-0.25, -0.2) is 8.42 Å². The quantitative estimate of drug-likeness (QED) is 0.512. The number of fused-ring (bicyclic) bond motifs is 5. The zero-order valence-electron chi connectivity index (χ0n) is 23.0. The summed E-state index contributed by atoms with van der Waals surface area (Å²) in [5, 5.41) is 21.2. The topological polar surface area (TPSA) is 118 Å². The first-order valence-electron chi connectivity index (χ1n) is 14.9. The molecule has 0 unspecified atom stereocenters. The van der Waals surface area contributed by atoms with E-state index in [4.69, 9.17) is 0 Å². The highest BCUT2D eigenvalue weighted by molar-refractivity contribution is 7.86. The Kier molecular flexibility index (Phi) is 7.56. The van der Waals surface area contributed by atoms with Gasteiger partial charge in [0.25, 0.3) is 0 Å². The lowest BCUT2D eigenvalue weighted by Gasteiger charge is -2.62. The van der Waals surface area contributed by atoms with E-state index in [1.807, 2.05) is 0 Å². The van der Waals surface area contributed by atoms with Crippen LogP contribution in [0, 0.1) is 46.3 Å². The molecule has 5 aliphatic rings. The van der Waals surface area contributed by atoms with E-state index in [1.165, 1.54) is 12.8 Å². The number of amides is 1. The van der Waals surface area contributed by atoms with Gasteiger partial charge < -0.3 is 19.7 Å². The molecule has 1 aliphatic heterocycles. The summed E-state index contributed by atoms with van der Waals surface area (Å²) in [7, 11) is -4.28. The fourth-order valence-electron chi connectivity index (χ4n) is 10.3. The Hall–Kier alpha value is -0.700. The third-order valence-corrected chi connectivity index (χ3v) is 13.8. The van der Waals surface area contributed by atoms with Crippen LogP contribution in [0.2, 0.25) is 0 Å². The fourth-order valence-corrected chi connectivity index (χ4v) is 11.1. The lowest BCUT2D eigenvalue weighted by Crippen LogP contribution is -2.58. The van der Waals surface area contributed by atoms with E-state index in [2.05, 4.69) is 20.8 Å². The predicted octanol–water partition coefficient (Wildman–Crippen LogP) is 3.93. The number of hydrogen-bond donors (Lipinski definition) is 2. The van der Waals surface area contributed by atoms with Crippen LogP contribution in [0.5, 0.6) is 0 Å². The Labute approximate surface area is 223 Å². The van der Waals surface area contributed by atoms with Crippen LogP contribution in [-0.2, 0) is 14.9 Å². The van der Waals surface area contributed by atoms with E-state index in [9.17, 15) is 28.0 Å². The number of nitrogens with zero attached hydrogens (tertiary/aromatic N) is 1. The Bertz CT molecular complexity index is 963. The Morgan fingerprint density at radius 2 is 1.70 bits per heavy atom. The summed E-state index contributed by atoms with van der Waals surface area (Å²) in [6, 6.07) is 0. The predicted molar refractivity (Wildman–Crippen MR) is 140 cm³/mol. The highest BCUT2D eigenvalue weighted by atomic mass is 32.2. The molecule has 5 rings (SSSR count). The molecule has 0 aromatic carbocycles. The highest BCUT2D eigenvalue weighted by Gasteiger charge is 2.63. The van der Waals surface area contributed by atoms with Crippen molar-refractivity contribution in [1.82, 2.24) is 4.90 Å². The molecule has 212 valence electrons. The number of piperidine rings is 1. The van der Waals surface area contributed by atoms with Crippen LogP contribution in [0.1, 0.15) is 97.8 Å². The van der Waals surface area contributed by atoms with Gasteiger partial charge in [0.15, 0.2) is 0 Å². The number of aliphatic hydroxyl groups excluding tert-OH is 2. The second-order valence-corrected chi connectivity index (χ2v) is 15.6. The maximum absolute atomic E-state index is 12.9. The van der Waals surface area contributed by atoms with Crippen LogP contribution in [0.4, 0.5) is 0 Å². The molecule has 10 atom stereocenters. The smallest absolute Gasteiger partial charge is 0.222 e. The molecule has 0 spiro atoms. The molecule has 1 saturated heterocycles. The van der Waals surface area contributed by atoms with Crippen LogP contribution in [0.15, 0.2) is 0 Å². The number of carbonyl (C=O) groups excluding carboxylic acids is 1. The summed E-state index contributed by atoms with van der Waals surface area (Å²) >= 11 is 0. The third kappa shape index (κ3) is 4.80. The van der Waals surface area contributed by atoms with Gasteiger partial charge in [-0.15, -0.1) is 0 Å². The molecule has 0 radical (unpaired) electrons. The van der Waals surface area contributed by atoms with Crippen molar-refractivity contribution in [1.29, 1.82) is 0 Å². The van der Waals surface area contributed by atoms with Crippen LogP contribution in [-0.4, -0.2) is 64.5 Å². The van der Waals surface area contributed by atoms with Gasteiger partial charge in [-0.05, 0) is 117 Å². The number of aliphatic hydroxyl groups is 2. The van der Waals surface area contributed by atoms with Crippen LogP contribution in [0.3, 0.4) is 0 Å². The Morgan fingerprint density at radius 1 is 1.00 bits per heavy atom. The second-order valence-electron chi connectivity index (χ2n) is 14.0. The molecule has 1 heterocycles. The standard InChI is InChI=1S/C29H49NO6S/c1-18(4-9-27(33)30-14-11-21(12-15-30)37(34,35)36)23-7-8-24-22-6-5-19-16-20(31)10-13-28(19,2)25(22)17-26(32)29(23,24)3/h18-26,31-32H,4-17H2,1-3H3,(H,34,35,36)/p-1/t18-,19-,20-,22+,23-,24+,25+,26+,28+,29-/m1/s1. The molecule has 0 aromatic rings. The average molecular weight is 539 g/mol. The lowest BCUT2D eigenvalue weighted by atomic mass is 9.43. The average Bonchev–Trinajstić information content (AvgIpc) is 3.22. The van der Waals surface area contributed by atoms with Gasteiger partial charge in [-0.3, -0.25) is 4.79 Å². The van der Waals surface area contributed by atoms with Crippen molar-refractivity contribution in [3.63, 3.8) is 0 Å². The number of rotatable bonds is 5. The van der Waals surface area contributed by atoms with E-state index in [-0.39, 0.29) is 41.8 Å². The zero-order valence-corrected chi connectivity index (χ0v) is 23.8. The molecule has 37 heavy (non-hydrogen) atoms. The normalized spacial score (nSPS) is 45.6. The van der Waals surface area contributed by atoms with Crippen LogP contribution in [0.25, 0.3) is 0 Å². The van der Waals surface area contributed by atoms with Crippen molar-refractivity contribution in [2.75, 3.05) is 13.1 Å². The van der Waals surface area contributed by atoms with E-state index in [0.29, 0.717) is 55.0 Å². The van der Waals surface area contributed by atoms with Gasteiger partial charge in [0.2, 0.25) is 5.91 Å². The molecule has 1 amide bonds. The summed E-state index contributed by atoms with van der Waals surface area (Å²) in [6.45, 7) is 7.73. The second kappa shape index (κ2) is 10.0. The minimum Gasteiger partial charge on any atom is -0.748 e. The zero-order chi connectivity index (χ0) is 26.8. The molecule has 5 fully saturated rings. The summed E-state index contributed by atoms with van der Waals surface area (Å²) in [6.07, 6.45) is 9.71. The van der Waals surface area contributed by atoms with E-state index < -0.39 is 15.4 Å². The fraction of sp³-hybridized carbons (Fsp3) is 0.966. The highest BCUT2D eigenvalue weighted by Crippen LogP contribution is 2.68. The minimum absolute atomic E-state index is 0.0586. The van der Waals surface area contributed by atoms with Gasteiger partial charge in [0.05, 0.1) is 27.6 Å². The molecule has 0 bridgehead atoms. The van der Waals surface area contributed by atoms with Gasteiger partial charge in [0.1, 0.15) is 0 Å². The molecule has 0 aromatic heterocycles. The van der Waals surface area contributed by atoms with Gasteiger partial charge in [-0.1, -0.05) is 20.8 Å². The van der Waals surface area contributed by atoms with Gasteiger partial charge >= 0.3 is 0 Å². The Balaban J connectivity index is 1.21. The van der Waals surface area contributed by atoms with Crippen molar-refractivity contribution < 1.29 is 28.0 Å². The SMILES string of the molecule is C[C@H](CCC(=O)N1CCC(S(=O)(=O)[O-])CC1)[C@H]1CC[C@H]2[C@@H]3CC[C@@H]4C[C@H](O)CC[C@]4(C)[C@H]3C[C@H](O)[C@]12C. The maximum Gasteiger partial charge on any atom is 0.222 e. The third-order valence-electron chi connectivity index (χ3n) is 12.5. The summed E-state index contributed by atoms with van der Waals surface area (Å²) in [5.74, 6) is 3.10. The summed E-state index contributed by atoms with van der Waals surface area (Å²) in [4.78, 5) is 14.6. The molecular formula is C29H48NO6S-. The molecule has 4 saturated carbocycles. The van der Waals surface area contributed by atoms with E-state index >= 15 is 0 Å². The molecule has 7 nitrogen and oxygen atoms in total. The number of hydrogen-bond acceptors (Lipinski definition) is 6. The molecular weight excluding hydrogens is 490 g/mol. The van der Waals surface area contributed by atoms with E-state index in [0.717, 1.165) is 44.9 Å². The minimum atomic E-state index is -4.28. The Morgan fingerprint density at radius 3 is 2.38 bits per heavy atom. The summed E-state index contributed by atoms with van der Waals surface area (Å²) in [5.41, 5.74) is 0.126. The van der Waals surface area contributed by atoms with Crippen molar-refractivity contribution in [2.24, 2.45) is 46.3 Å². The van der Waals surface area contributed by atoms with Crippen LogP contribution < -0.4 is 0 Å². The van der Waals surface area contributed by atoms with Crippen molar-refractivity contribution in [3.05, 3.63) is 0 Å². The van der Waals surface area contributed by atoms with Crippen LogP contribution >= 0.6 is 0 Å². The van der Waals surface area contributed by atoms with Crippen molar-refractivity contribution >= 4 is 16.0 Å². The van der Waals surface area contributed by atoms with Gasteiger partial charge in [0, 0.05) is 19.5 Å². The summed E-state index contributed by atoms with van der Waals surface area (Å²) < 4.78 is 33.9. The number of likely N-dealkylation sites (tertiary alicyclic amines) is 1. The molecule has 8 heteroatoms. The number of carbonyl (C=O) groups is 1. The lowest BCUT2D eigenvalue weighted by molar-refractivity contribution is -0.175.